The summed E-state index contributed by atoms with van der Waals surface area (Å²) in [5, 5.41) is 0. The summed E-state index contributed by atoms with van der Waals surface area (Å²) < 4.78 is 64.4. The van der Waals surface area contributed by atoms with Crippen LogP contribution in [0.15, 0.2) is 17.0 Å². The Bertz CT molecular complexity index is 759. The number of hydrogen-bond donors (Lipinski definition) is 0. The van der Waals surface area contributed by atoms with E-state index >= 15 is 0 Å². The molecule has 26 heavy (non-hydrogen) atoms. The molecule has 1 aromatic carbocycles. The number of carbonyl (C=O) groups is 1. The number of rotatable bonds is 7. The summed E-state index contributed by atoms with van der Waals surface area (Å²) in [5.41, 5.74) is 0.929. The zero-order valence-electron chi connectivity index (χ0n) is 15.6. The number of nitrogens with zero attached hydrogens (tertiary/aromatic N) is 2. The lowest BCUT2D eigenvalue weighted by molar-refractivity contribution is -0.140. The molecular formula is C17H25F3N2O3S. The fraction of sp³-hybridized carbons (Fsp3) is 0.588. The minimum atomic E-state index is -4.53. The highest BCUT2D eigenvalue weighted by atomic mass is 32.2. The normalized spacial score (nSPS) is 12.5. The summed E-state index contributed by atoms with van der Waals surface area (Å²) in [6.07, 6.45) is -3.47. The van der Waals surface area contributed by atoms with Crippen LogP contribution in [0.1, 0.15) is 41.3 Å². The number of hydrogen-bond acceptors (Lipinski definition) is 3. The third kappa shape index (κ3) is 5.44. The van der Waals surface area contributed by atoms with Crippen LogP contribution in [0.25, 0.3) is 0 Å². The number of unbranched alkanes of at least 4 members (excludes halogenated alkanes) is 1. The molecule has 0 heterocycles. The lowest BCUT2D eigenvalue weighted by Crippen LogP contribution is -2.39. The average Bonchev–Trinajstić information content (AvgIpc) is 2.51. The summed E-state index contributed by atoms with van der Waals surface area (Å²) in [6.45, 7) is 3.63. The lowest BCUT2D eigenvalue weighted by Gasteiger charge is -2.25. The van der Waals surface area contributed by atoms with Crippen LogP contribution in [0.4, 0.5) is 13.2 Å². The van der Waals surface area contributed by atoms with Gasteiger partial charge in [-0.25, -0.2) is 12.7 Å². The van der Waals surface area contributed by atoms with Gasteiger partial charge in [0, 0.05) is 26.2 Å². The smallest absolute Gasteiger partial charge is 0.330 e. The van der Waals surface area contributed by atoms with Crippen LogP contribution in [0.5, 0.6) is 0 Å². The van der Waals surface area contributed by atoms with Gasteiger partial charge in [-0.05, 0) is 43.5 Å². The highest BCUT2D eigenvalue weighted by molar-refractivity contribution is 7.89. The number of alkyl halides is 3. The quantitative estimate of drug-likeness (QED) is 0.713. The van der Waals surface area contributed by atoms with Gasteiger partial charge < -0.3 is 4.90 Å². The van der Waals surface area contributed by atoms with Crippen molar-refractivity contribution in [3.05, 3.63) is 28.8 Å². The molecule has 0 aliphatic rings. The number of carbonyl (C=O) groups excluding carboxylic acids is 1. The molecule has 1 aromatic rings. The number of aryl methyl sites for hydroxylation is 1. The second-order valence-corrected chi connectivity index (χ2v) is 8.52. The first-order valence-electron chi connectivity index (χ1n) is 8.21. The summed E-state index contributed by atoms with van der Waals surface area (Å²) >= 11 is 0. The SMILES string of the molecule is CCCCN(CC(F)(F)F)C(=O)c1cc(C)c(C)c(S(=O)(=O)N(C)C)c1. The van der Waals surface area contributed by atoms with Crippen molar-refractivity contribution in [2.75, 3.05) is 27.2 Å². The Morgan fingerprint density at radius 3 is 2.19 bits per heavy atom. The van der Waals surface area contributed by atoms with Crippen molar-refractivity contribution < 1.29 is 26.4 Å². The van der Waals surface area contributed by atoms with Gasteiger partial charge in [0.25, 0.3) is 5.91 Å². The molecule has 0 spiro atoms. The van der Waals surface area contributed by atoms with Crippen LogP contribution < -0.4 is 0 Å². The van der Waals surface area contributed by atoms with Gasteiger partial charge >= 0.3 is 6.18 Å². The second-order valence-electron chi connectivity index (χ2n) is 6.40. The summed E-state index contributed by atoms with van der Waals surface area (Å²) in [4.78, 5) is 13.3. The van der Waals surface area contributed by atoms with Crippen molar-refractivity contribution in [3.63, 3.8) is 0 Å². The molecule has 0 bridgehead atoms. The van der Waals surface area contributed by atoms with E-state index in [1.54, 1.807) is 13.8 Å². The maximum Gasteiger partial charge on any atom is 0.406 e. The monoisotopic (exact) mass is 394 g/mol. The Morgan fingerprint density at radius 2 is 1.73 bits per heavy atom. The Hall–Kier alpha value is -1.61. The van der Waals surface area contributed by atoms with Crippen molar-refractivity contribution in [2.45, 2.75) is 44.7 Å². The molecule has 0 aromatic heterocycles. The van der Waals surface area contributed by atoms with E-state index in [0.29, 0.717) is 24.0 Å². The average molecular weight is 394 g/mol. The number of amides is 1. The highest BCUT2D eigenvalue weighted by Crippen LogP contribution is 2.25. The van der Waals surface area contributed by atoms with Gasteiger partial charge in [-0.15, -0.1) is 0 Å². The third-order valence-electron chi connectivity index (χ3n) is 4.06. The Kier molecular flexibility index (Phi) is 7.24. The summed E-state index contributed by atoms with van der Waals surface area (Å²) in [5.74, 6) is -0.825. The molecule has 0 radical (unpaired) electrons. The van der Waals surface area contributed by atoms with E-state index in [0.717, 1.165) is 15.3 Å². The van der Waals surface area contributed by atoms with Gasteiger partial charge in [0.05, 0.1) is 4.90 Å². The molecule has 1 rings (SSSR count). The lowest BCUT2D eigenvalue weighted by atomic mass is 10.0. The van der Waals surface area contributed by atoms with E-state index in [-0.39, 0.29) is 17.0 Å². The molecule has 0 N–H and O–H groups in total. The van der Waals surface area contributed by atoms with Gasteiger partial charge in [-0.1, -0.05) is 13.3 Å². The Morgan fingerprint density at radius 1 is 1.15 bits per heavy atom. The number of halogens is 3. The Labute approximate surface area is 152 Å². The molecule has 5 nitrogen and oxygen atoms in total. The van der Waals surface area contributed by atoms with Gasteiger partial charge in [0.2, 0.25) is 10.0 Å². The van der Waals surface area contributed by atoms with Crippen molar-refractivity contribution in [1.29, 1.82) is 0 Å². The molecule has 148 valence electrons. The van der Waals surface area contributed by atoms with E-state index in [1.165, 1.54) is 20.2 Å². The maximum atomic E-state index is 12.8. The van der Waals surface area contributed by atoms with Crippen LogP contribution >= 0.6 is 0 Å². The molecule has 0 aliphatic heterocycles. The van der Waals surface area contributed by atoms with Crippen molar-refractivity contribution in [1.82, 2.24) is 9.21 Å². The van der Waals surface area contributed by atoms with Crippen molar-refractivity contribution in [2.24, 2.45) is 0 Å². The van der Waals surface area contributed by atoms with E-state index in [1.807, 2.05) is 6.92 Å². The molecule has 9 heteroatoms. The molecule has 0 saturated carbocycles. The van der Waals surface area contributed by atoms with Crippen LogP contribution in [-0.4, -0.2) is 56.9 Å². The van der Waals surface area contributed by atoms with E-state index in [9.17, 15) is 26.4 Å². The topological polar surface area (TPSA) is 57.7 Å². The van der Waals surface area contributed by atoms with E-state index in [4.69, 9.17) is 0 Å². The molecule has 0 saturated heterocycles. The first-order valence-corrected chi connectivity index (χ1v) is 9.65. The van der Waals surface area contributed by atoms with Crippen molar-refractivity contribution in [3.8, 4) is 0 Å². The standard InChI is InChI=1S/C17H25F3N2O3S/c1-6-7-8-22(11-17(18,19)20)16(23)14-9-12(2)13(3)15(10-14)26(24,25)21(4)5/h9-10H,6-8,11H2,1-5H3. The largest absolute Gasteiger partial charge is 0.406 e. The van der Waals surface area contributed by atoms with Crippen LogP contribution in [0, 0.1) is 13.8 Å². The molecule has 1 amide bonds. The number of sulfonamides is 1. The van der Waals surface area contributed by atoms with Gasteiger partial charge in [-0.2, -0.15) is 13.2 Å². The zero-order valence-corrected chi connectivity index (χ0v) is 16.5. The first kappa shape index (κ1) is 22.4. The summed E-state index contributed by atoms with van der Waals surface area (Å²) in [7, 11) is -1.11. The predicted molar refractivity (Wildman–Crippen MR) is 93.7 cm³/mol. The van der Waals surface area contributed by atoms with Gasteiger partial charge in [-0.3, -0.25) is 4.79 Å². The van der Waals surface area contributed by atoms with E-state index < -0.39 is 28.7 Å². The third-order valence-corrected chi connectivity index (χ3v) is 6.01. The maximum absolute atomic E-state index is 12.8. The minimum absolute atomic E-state index is 0.0441. The number of benzene rings is 1. The van der Waals surface area contributed by atoms with Crippen LogP contribution in [0.3, 0.4) is 0 Å². The van der Waals surface area contributed by atoms with Gasteiger partial charge in [0.15, 0.2) is 0 Å². The molecule has 0 fully saturated rings. The Balaban J connectivity index is 3.39. The zero-order chi connectivity index (χ0) is 20.3. The fourth-order valence-electron chi connectivity index (χ4n) is 2.42. The molecule has 0 unspecified atom stereocenters. The predicted octanol–water partition coefficient (Wildman–Crippen LogP) is 3.36. The summed E-state index contributed by atoms with van der Waals surface area (Å²) in [6, 6.07) is 2.59. The van der Waals surface area contributed by atoms with E-state index in [2.05, 4.69) is 0 Å². The fourth-order valence-corrected chi connectivity index (χ4v) is 3.63. The molecule has 0 aliphatic carbocycles. The van der Waals surface area contributed by atoms with Gasteiger partial charge in [0.1, 0.15) is 6.54 Å². The minimum Gasteiger partial charge on any atom is -0.330 e. The first-order chi connectivity index (χ1) is 11.8. The van der Waals surface area contributed by atoms with Crippen LogP contribution in [-0.2, 0) is 10.0 Å². The molecule has 0 atom stereocenters. The van der Waals surface area contributed by atoms with Crippen molar-refractivity contribution >= 4 is 15.9 Å². The van der Waals surface area contributed by atoms with Crippen LogP contribution in [0.2, 0.25) is 0 Å². The molecular weight excluding hydrogens is 369 g/mol. The second kappa shape index (κ2) is 8.39. The highest BCUT2D eigenvalue weighted by Gasteiger charge is 2.33.